The zero-order valence-corrected chi connectivity index (χ0v) is 74.5. The number of fused-ring (bicyclic) bond motifs is 12. The van der Waals surface area contributed by atoms with Crippen molar-refractivity contribution in [1.29, 1.82) is 0 Å². The molecule has 2 aromatic carbocycles. The topological polar surface area (TPSA) is 310 Å². The molecule has 26 nitrogen and oxygen atoms in total. The van der Waals surface area contributed by atoms with Crippen LogP contribution in [0.2, 0.25) is 20.1 Å². The number of amides is 4. The Morgan fingerprint density at radius 3 is 1.03 bits per heavy atom. The van der Waals surface area contributed by atoms with Crippen molar-refractivity contribution in [2.24, 2.45) is 23.7 Å². The number of nitrogens with zero attached hydrogens (tertiary/aromatic N) is 18. The maximum absolute atomic E-state index is 14.2. The summed E-state index contributed by atoms with van der Waals surface area (Å²) in [7, 11) is 0. The Hall–Kier alpha value is -12.2. The van der Waals surface area contributed by atoms with Crippen LogP contribution in [0.5, 0.6) is 0 Å². The standard InChI is InChI=1S/2C24H23ClFN5O.2C24H25ClN6O/c1-14-9-19(25)23(29-12-14)30-20-10-15-3-6-21(20)31(13-15)24(32)17-5-4-16(26)11-18(17)22-27-7-2-8-28-22;1-14-9-19(25)23(29-12-14)30-20-10-15-3-6-21(20)31(13-15)24(32)18-11-16(26)4-5-17(18)22-27-7-2-8-28-22;1-14-10-18(25)22(28-12-14)30-19-11-16-5-7-20(19)31(13-16)24(32)17-6-4-15(2)29-21(17)23-26-8-3-9-27-23;1-14-10-18(25)23(28-12-14)30-19-11-16-5-7-20(19)31(13-16)24(32)21-17(6-4-15(2)29-21)22-26-8-3-9-27-22/h2*2,4-5,7-9,11-12,15,20-21H,3,6,10,13H2,1H3,(H,29,30);2*3-4,6,8-10,12,16,19-20H,5,7,11,13H2,1-2H3,(H,28,30). The molecule has 656 valence electrons. The smallest absolute Gasteiger partial charge is 0.273 e. The predicted octanol–water partition coefficient (Wildman–Crippen LogP) is 18.1. The van der Waals surface area contributed by atoms with Gasteiger partial charge in [-0.1, -0.05) is 46.4 Å². The Kier molecular flexibility index (Phi) is 26.6. The Balaban J connectivity index is 0.000000120. The second-order valence-corrected chi connectivity index (χ2v) is 36.2. The summed E-state index contributed by atoms with van der Waals surface area (Å²) in [5.41, 5.74) is 9.42. The molecule has 12 fully saturated rings. The molecule has 4 amide bonds. The van der Waals surface area contributed by atoms with Crippen molar-refractivity contribution >= 4 is 93.3 Å². The molecule has 0 radical (unpaired) electrons. The zero-order chi connectivity index (χ0) is 89.0. The SMILES string of the molecule is Cc1cnc(NC2CC3CCC2N(C(=O)c2cc(F)ccc2-c2ncccn2)C3)c(Cl)c1.Cc1cnc(NC2CC3CCC2N(C(=O)c2ccc(C)nc2-c2ncccn2)C3)c(Cl)c1.Cc1cnc(NC2CC3CCC2N(C(=O)c2ccc(F)cc2-c2ncccn2)C3)c(Cl)c1.Cc1cnc(NC2CC3CCC2N(C(=O)c2nc(C)ccc2-c2ncccn2)C3)c(Cl)c1. The van der Waals surface area contributed by atoms with E-state index in [1.54, 1.807) is 98.5 Å². The number of pyridine rings is 6. The highest BCUT2D eigenvalue weighted by molar-refractivity contribution is 6.34. The van der Waals surface area contributed by atoms with Crippen molar-refractivity contribution in [2.75, 3.05) is 47.4 Å². The average Bonchev–Trinajstić information content (AvgIpc) is 0.775. The molecule has 8 bridgehead atoms. The molecule has 4 aliphatic carbocycles. The number of hydrogen-bond donors (Lipinski definition) is 4. The Bertz CT molecular complexity index is 5720. The highest BCUT2D eigenvalue weighted by Gasteiger charge is 2.49. The lowest BCUT2D eigenvalue weighted by Gasteiger charge is -2.50. The van der Waals surface area contributed by atoms with E-state index in [1.807, 2.05) is 116 Å². The van der Waals surface area contributed by atoms with Gasteiger partial charge in [0.2, 0.25) is 0 Å². The number of aromatic nitrogens is 14. The van der Waals surface area contributed by atoms with E-state index in [0.29, 0.717) is 143 Å². The summed E-state index contributed by atoms with van der Waals surface area (Å²) in [5.74, 6) is 4.68. The van der Waals surface area contributed by atoms with Crippen LogP contribution >= 0.6 is 46.4 Å². The Morgan fingerprint density at radius 1 is 0.328 bits per heavy atom. The third kappa shape index (κ3) is 19.6. The normalized spacial score (nSPS) is 22.1. The Morgan fingerprint density at radius 2 is 0.641 bits per heavy atom. The molecule has 12 aromatic rings. The van der Waals surface area contributed by atoms with Gasteiger partial charge in [0.25, 0.3) is 23.6 Å². The molecule has 12 unspecified atom stereocenters. The van der Waals surface area contributed by atoms with Crippen molar-refractivity contribution in [3.8, 4) is 45.7 Å². The monoisotopic (exact) mass is 1800 g/mol. The summed E-state index contributed by atoms with van der Waals surface area (Å²) in [5, 5.41) is 16.3. The van der Waals surface area contributed by atoms with Crippen LogP contribution in [0.4, 0.5) is 32.1 Å². The van der Waals surface area contributed by atoms with E-state index >= 15 is 0 Å². The summed E-state index contributed by atoms with van der Waals surface area (Å²) < 4.78 is 28.2. The van der Waals surface area contributed by atoms with Crippen LogP contribution in [0.1, 0.15) is 152 Å². The third-order valence-electron chi connectivity index (χ3n) is 25.5. The maximum atomic E-state index is 14.2. The fourth-order valence-corrected chi connectivity index (χ4v) is 20.6. The number of nitrogens with one attached hydrogen (secondary N) is 4. The number of carbonyl (C=O) groups is 4. The van der Waals surface area contributed by atoms with Gasteiger partial charge in [-0.05, 0) is 274 Å². The number of carbonyl (C=O) groups excluding carboxylic acids is 4. The minimum Gasteiger partial charge on any atom is -0.364 e. The van der Waals surface area contributed by atoms with Gasteiger partial charge in [-0.25, -0.2) is 78.6 Å². The molecule has 4 saturated carbocycles. The molecular formula is C96H96Cl4F2N22O4. The van der Waals surface area contributed by atoms with Crippen LogP contribution in [0.3, 0.4) is 0 Å². The fourth-order valence-electron chi connectivity index (χ4n) is 19.5. The minimum atomic E-state index is -0.458. The first-order chi connectivity index (χ1) is 62.0. The third-order valence-corrected chi connectivity index (χ3v) is 26.6. The molecular weight excluding hydrogens is 1710 g/mol. The summed E-state index contributed by atoms with van der Waals surface area (Å²) in [4.78, 5) is 124. The number of aryl methyl sites for hydroxylation is 6. The molecule has 24 rings (SSSR count). The van der Waals surface area contributed by atoms with Gasteiger partial charge in [0.15, 0.2) is 23.3 Å². The molecule has 12 atom stereocenters. The molecule has 32 heteroatoms. The van der Waals surface area contributed by atoms with Crippen LogP contribution in [0.15, 0.2) is 184 Å². The Labute approximate surface area is 760 Å². The van der Waals surface area contributed by atoms with Crippen molar-refractivity contribution in [3.05, 3.63) is 271 Å². The van der Waals surface area contributed by atoms with Crippen molar-refractivity contribution in [1.82, 2.24) is 89.4 Å². The molecule has 128 heavy (non-hydrogen) atoms. The molecule has 0 spiro atoms. The highest BCUT2D eigenvalue weighted by Crippen LogP contribution is 2.45. The van der Waals surface area contributed by atoms with Crippen LogP contribution in [-0.4, -0.2) is 188 Å². The highest BCUT2D eigenvalue weighted by atomic mass is 35.5. The fraction of sp³-hybridized carbons (Fsp3) is 0.354. The quantitative estimate of drug-likeness (QED) is 0.0698. The van der Waals surface area contributed by atoms with Crippen molar-refractivity contribution in [2.45, 2.75) is 167 Å². The van der Waals surface area contributed by atoms with Gasteiger partial charge in [-0.3, -0.25) is 19.2 Å². The van der Waals surface area contributed by atoms with Crippen LogP contribution < -0.4 is 21.3 Å². The van der Waals surface area contributed by atoms with Crippen LogP contribution in [0.25, 0.3) is 45.7 Å². The minimum absolute atomic E-state index is 0.00117. The number of benzene rings is 2. The number of hydrogen-bond acceptors (Lipinski definition) is 22. The second kappa shape index (κ2) is 38.8. The first-order valence-electron chi connectivity index (χ1n) is 43.4. The zero-order valence-electron chi connectivity index (χ0n) is 71.5. The lowest BCUT2D eigenvalue weighted by molar-refractivity contribution is 0.0274. The van der Waals surface area contributed by atoms with E-state index in [9.17, 15) is 28.0 Å². The van der Waals surface area contributed by atoms with Gasteiger partial charge in [0, 0.05) is 147 Å². The molecule has 10 aromatic heterocycles. The van der Waals surface area contributed by atoms with Crippen LogP contribution in [-0.2, 0) is 0 Å². The van der Waals surface area contributed by atoms with E-state index in [0.717, 1.165) is 124 Å². The van der Waals surface area contributed by atoms with E-state index < -0.39 is 11.6 Å². The van der Waals surface area contributed by atoms with E-state index in [2.05, 4.69) is 91.0 Å². The van der Waals surface area contributed by atoms with Crippen molar-refractivity contribution in [3.63, 3.8) is 0 Å². The van der Waals surface area contributed by atoms with Gasteiger partial charge >= 0.3 is 0 Å². The molecule has 18 heterocycles. The molecule has 8 saturated heterocycles. The summed E-state index contributed by atoms with van der Waals surface area (Å²) in [6.45, 7) is 14.4. The molecule has 12 aliphatic rings. The summed E-state index contributed by atoms with van der Waals surface area (Å²) >= 11 is 25.6. The van der Waals surface area contributed by atoms with E-state index in [-0.39, 0.29) is 77.5 Å². The first-order valence-corrected chi connectivity index (χ1v) is 44.9. The number of halogens is 6. The molecule has 4 N–H and O–H groups in total. The maximum Gasteiger partial charge on any atom is 0.273 e. The van der Waals surface area contributed by atoms with Gasteiger partial charge in [0.1, 0.15) is 46.3 Å². The van der Waals surface area contributed by atoms with Crippen LogP contribution in [0, 0.1) is 76.8 Å². The first kappa shape index (κ1) is 87.8. The number of piperidine rings is 8. The van der Waals surface area contributed by atoms with Crippen molar-refractivity contribution < 1.29 is 28.0 Å². The lowest BCUT2D eigenvalue weighted by atomic mass is 9.76. The van der Waals surface area contributed by atoms with E-state index in [1.165, 1.54) is 30.3 Å². The van der Waals surface area contributed by atoms with Gasteiger partial charge < -0.3 is 40.9 Å². The van der Waals surface area contributed by atoms with Gasteiger partial charge in [-0.15, -0.1) is 0 Å². The summed E-state index contributed by atoms with van der Waals surface area (Å²) in [6.07, 6.45) is 32.2. The summed E-state index contributed by atoms with van der Waals surface area (Å²) in [6, 6.07) is 30.7. The van der Waals surface area contributed by atoms with E-state index in [4.69, 9.17) is 46.4 Å². The average molecular weight is 1800 g/mol. The number of rotatable bonds is 16. The van der Waals surface area contributed by atoms with Gasteiger partial charge in [0.05, 0.1) is 66.5 Å². The molecule has 8 aliphatic heterocycles. The lowest BCUT2D eigenvalue weighted by Crippen LogP contribution is -2.60. The predicted molar refractivity (Wildman–Crippen MR) is 489 cm³/mol. The largest absolute Gasteiger partial charge is 0.364 e. The second-order valence-electron chi connectivity index (χ2n) is 34.6. The number of anilines is 4. The van der Waals surface area contributed by atoms with Gasteiger partial charge in [-0.2, -0.15) is 0 Å².